The van der Waals surface area contributed by atoms with Crippen LogP contribution >= 0.6 is 0 Å². The molecule has 0 spiro atoms. The van der Waals surface area contributed by atoms with Crippen molar-refractivity contribution in [2.24, 2.45) is 5.92 Å². The second kappa shape index (κ2) is 4.57. The van der Waals surface area contributed by atoms with Gasteiger partial charge in [-0.05, 0) is 12.0 Å². The third-order valence-corrected chi connectivity index (χ3v) is 1.43. The first-order valence-electron chi connectivity index (χ1n) is 3.60. The fourth-order valence-electron chi connectivity index (χ4n) is 0.448. The Kier molecular flexibility index (Phi) is 4.07. The zero-order chi connectivity index (χ0) is 8.85. The van der Waals surface area contributed by atoms with E-state index in [4.69, 9.17) is 6.42 Å². The van der Waals surface area contributed by atoms with E-state index in [-0.39, 0.29) is 0 Å². The number of terminal acetylenes is 1. The topological polar surface area (TPSA) is 0 Å². The van der Waals surface area contributed by atoms with Gasteiger partial charge in [0.1, 0.15) is 0 Å². The minimum atomic E-state index is 0.469. The number of hydrogen-bond donors (Lipinski definition) is 0. The average molecular weight is 146 g/mol. The number of hydrogen-bond acceptors (Lipinski definition) is 0. The van der Waals surface area contributed by atoms with Crippen molar-refractivity contribution < 1.29 is 0 Å². The van der Waals surface area contributed by atoms with Crippen molar-refractivity contribution in [3.05, 3.63) is 36.5 Å². The molecule has 0 bridgehead atoms. The fourth-order valence-corrected chi connectivity index (χ4v) is 0.448. The van der Waals surface area contributed by atoms with E-state index in [1.807, 2.05) is 12.2 Å². The van der Waals surface area contributed by atoms with Gasteiger partial charge in [0, 0.05) is 5.57 Å². The van der Waals surface area contributed by atoms with Crippen LogP contribution in [0.25, 0.3) is 0 Å². The Morgan fingerprint density at radius 3 is 2.27 bits per heavy atom. The molecule has 0 aliphatic heterocycles. The van der Waals surface area contributed by atoms with E-state index in [2.05, 4.69) is 32.9 Å². The Morgan fingerprint density at radius 1 is 1.36 bits per heavy atom. The van der Waals surface area contributed by atoms with Crippen molar-refractivity contribution in [1.82, 2.24) is 0 Å². The summed E-state index contributed by atoms with van der Waals surface area (Å²) in [6.07, 6.45) is 8.82. The summed E-state index contributed by atoms with van der Waals surface area (Å²) in [6, 6.07) is 0. The zero-order valence-electron chi connectivity index (χ0n) is 7.22. The molecule has 0 saturated carbocycles. The van der Waals surface area contributed by atoms with Gasteiger partial charge in [0.25, 0.3) is 0 Å². The van der Waals surface area contributed by atoms with Crippen molar-refractivity contribution >= 4 is 0 Å². The molecule has 0 atom stereocenters. The normalized spacial score (nSPS) is 10.0. The molecular formula is C11H14. The molecule has 0 N–H and O–H groups in total. The maximum atomic E-state index is 5.10. The number of allylic oxidation sites excluding steroid dienone is 4. The van der Waals surface area contributed by atoms with Gasteiger partial charge >= 0.3 is 0 Å². The highest BCUT2D eigenvalue weighted by Gasteiger charge is 1.93. The maximum Gasteiger partial charge on any atom is 0.0170 e. The molecule has 0 unspecified atom stereocenters. The molecule has 0 amide bonds. The van der Waals surface area contributed by atoms with Crippen LogP contribution < -0.4 is 0 Å². The van der Waals surface area contributed by atoms with Gasteiger partial charge in [0.15, 0.2) is 0 Å². The Bertz CT molecular complexity index is 221. The van der Waals surface area contributed by atoms with Gasteiger partial charge in [-0.15, -0.1) is 6.42 Å². The Hall–Kier alpha value is -1.22. The third-order valence-electron chi connectivity index (χ3n) is 1.43. The van der Waals surface area contributed by atoms with Crippen LogP contribution in [0.15, 0.2) is 36.5 Å². The lowest BCUT2D eigenvalue weighted by Crippen LogP contribution is -1.87. The molecule has 0 heterocycles. The molecule has 0 rings (SSSR count). The molecule has 0 aliphatic rings. The van der Waals surface area contributed by atoms with Gasteiger partial charge in [-0.25, -0.2) is 0 Å². The van der Waals surface area contributed by atoms with Crippen LogP contribution in [0, 0.1) is 18.3 Å². The van der Waals surface area contributed by atoms with Gasteiger partial charge in [-0.3, -0.25) is 0 Å². The smallest absolute Gasteiger partial charge is 0.0170 e. The molecule has 0 aliphatic carbocycles. The average Bonchev–Trinajstić information content (AvgIpc) is 1.99. The van der Waals surface area contributed by atoms with Crippen LogP contribution in [0.1, 0.15) is 13.8 Å². The zero-order valence-corrected chi connectivity index (χ0v) is 7.22. The van der Waals surface area contributed by atoms with Gasteiger partial charge in [0.05, 0.1) is 0 Å². The lowest BCUT2D eigenvalue weighted by Gasteiger charge is -2.01. The third kappa shape index (κ3) is 4.22. The largest absolute Gasteiger partial charge is 0.115 e. The molecule has 0 saturated heterocycles. The quantitative estimate of drug-likeness (QED) is 0.424. The summed E-state index contributed by atoms with van der Waals surface area (Å²) in [6.45, 7) is 11.7. The maximum absolute atomic E-state index is 5.10. The van der Waals surface area contributed by atoms with Crippen LogP contribution in [0.3, 0.4) is 0 Å². The van der Waals surface area contributed by atoms with E-state index in [9.17, 15) is 0 Å². The second-order valence-corrected chi connectivity index (χ2v) is 2.73. The molecule has 0 aromatic heterocycles. The molecule has 0 fully saturated rings. The molecule has 0 radical (unpaired) electrons. The van der Waals surface area contributed by atoms with Crippen molar-refractivity contribution in [1.29, 1.82) is 0 Å². The summed E-state index contributed by atoms with van der Waals surface area (Å²) in [7, 11) is 0. The van der Waals surface area contributed by atoms with Gasteiger partial charge in [-0.2, -0.15) is 0 Å². The predicted molar refractivity (Wildman–Crippen MR) is 51.1 cm³/mol. The summed E-state index contributed by atoms with van der Waals surface area (Å²) in [4.78, 5) is 0. The number of rotatable bonds is 3. The van der Waals surface area contributed by atoms with E-state index in [0.29, 0.717) is 11.5 Å². The van der Waals surface area contributed by atoms with Crippen LogP contribution in [0.4, 0.5) is 0 Å². The van der Waals surface area contributed by atoms with E-state index in [0.717, 1.165) is 5.57 Å². The highest BCUT2D eigenvalue weighted by Crippen LogP contribution is 2.08. The first-order valence-corrected chi connectivity index (χ1v) is 3.60. The molecule has 0 nitrogen and oxygen atoms in total. The SMILES string of the molecule is C#CC(=C)/C=C\C(=C)C(C)C. The second-order valence-electron chi connectivity index (χ2n) is 2.73. The van der Waals surface area contributed by atoms with E-state index in [1.165, 1.54) is 0 Å². The van der Waals surface area contributed by atoms with Crippen molar-refractivity contribution in [2.75, 3.05) is 0 Å². The summed E-state index contributed by atoms with van der Waals surface area (Å²) in [5.74, 6) is 2.91. The van der Waals surface area contributed by atoms with E-state index < -0.39 is 0 Å². The van der Waals surface area contributed by atoms with Crippen LogP contribution in [-0.2, 0) is 0 Å². The van der Waals surface area contributed by atoms with E-state index in [1.54, 1.807) is 0 Å². The van der Waals surface area contributed by atoms with Crippen LogP contribution in [0.2, 0.25) is 0 Å². The minimum Gasteiger partial charge on any atom is -0.115 e. The lowest BCUT2D eigenvalue weighted by molar-refractivity contribution is 0.795. The standard InChI is InChI=1S/C11H14/c1-6-10(4)7-8-11(5)9(2)3/h1,7-9H,4-5H2,2-3H3/b8-7-. The van der Waals surface area contributed by atoms with Crippen molar-refractivity contribution in [2.45, 2.75) is 13.8 Å². The summed E-state index contributed by atoms with van der Waals surface area (Å²) in [5.41, 5.74) is 1.76. The van der Waals surface area contributed by atoms with Crippen molar-refractivity contribution in [3.8, 4) is 12.3 Å². The first-order chi connectivity index (χ1) is 5.07. The molecule has 0 heteroatoms. The highest BCUT2D eigenvalue weighted by molar-refractivity contribution is 5.36. The molecule has 0 aromatic rings. The van der Waals surface area contributed by atoms with Gasteiger partial charge < -0.3 is 0 Å². The summed E-state index contributed by atoms with van der Waals surface area (Å²) >= 11 is 0. The van der Waals surface area contributed by atoms with Gasteiger partial charge in [0.2, 0.25) is 0 Å². The molecule has 11 heavy (non-hydrogen) atoms. The molecular weight excluding hydrogens is 132 g/mol. The minimum absolute atomic E-state index is 0.469. The van der Waals surface area contributed by atoms with Crippen LogP contribution in [0.5, 0.6) is 0 Å². The van der Waals surface area contributed by atoms with Gasteiger partial charge in [-0.1, -0.05) is 44.6 Å². The Labute approximate surface area is 69.3 Å². The van der Waals surface area contributed by atoms with Crippen LogP contribution in [-0.4, -0.2) is 0 Å². The molecule has 58 valence electrons. The van der Waals surface area contributed by atoms with Crippen molar-refractivity contribution in [3.63, 3.8) is 0 Å². The van der Waals surface area contributed by atoms with E-state index >= 15 is 0 Å². The monoisotopic (exact) mass is 146 g/mol. The molecule has 0 aromatic carbocycles. The lowest BCUT2D eigenvalue weighted by atomic mass is 10.0. The Morgan fingerprint density at radius 2 is 1.91 bits per heavy atom. The summed E-state index contributed by atoms with van der Waals surface area (Å²) < 4.78 is 0. The summed E-state index contributed by atoms with van der Waals surface area (Å²) in [5, 5.41) is 0. The highest BCUT2D eigenvalue weighted by atomic mass is 14.0. The first kappa shape index (κ1) is 9.78. The Balaban J connectivity index is 4.06. The fraction of sp³-hybridized carbons (Fsp3) is 0.273. The predicted octanol–water partition coefficient (Wildman–Crippen LogP) is 2.94.